The van der Waals surface area contributed by atoms with Crippen LogP contribution in [0.3, 0.4) is 0 Å². The van der Waals surface area contributed by atoms with E-state index < -0.39 is 0 Å². The monoisotopic (exact) mass is 192 g/mol. The Balaban J connectivity index is 2.08. The van der Waals surface area contributed by atoms with Gasteiger partial charge in [-0.25, -0.2) is 0 Å². The van der Waals surface area contributed by atoms with Crippen molar-refractivity contribution in [2.24, 2.45) is 0 Å². The first-order valence-corrected chi connectivity index (χ1v) is 4.94. The molecule has 0 aliphatic carbocycles. The van der Waals surface area contributed by atoms with Crippen LogP contribution < -0.4 is 10.6 Å². The van der Waals surface area contributed by atoms with Crippen LogP contribution in [-0.4, -0.2) is 19.5 Å². The van der Waals surface area contributed by atoms with Crippen LogP contribution >= 0.6 is 0 Å². The quantitative estimate of drug-likeness (QED) is 0.747. The molecule has 1 aromatic rings. The second kappa shape index (κ2) is 3.98. The van der Waals surface area contributed by atoms with Gasteiger partial charge in [-0.1, -0.05) is 17.7 Å². The first kappa shape index (κ1) is 9.49. The number of nitrogens with one attached hydrogen (secondary N) is 2. The first-order valence-electron chi connectivity index (χ1n) is 4.94. The lowest BCUT2D eigenvalue weighted by molar-refractivity contribution is 0.123. The van der Waals surface area contributed by atoms with Crippen LogP contribution in [0.5, 0.6) is 0 Å². The highest BCUT2D eigenvalue weighted by Gasteiger charge is 2.14. The second-order valence-corrected chi connectivity index (χ2v) is 3.67. The molecule has 2 N–H and O–H groups in total. The van der Waals surface area contributed by atoms with E-state index in [4.69, 9.17) is 4.74 Å². The van der Waals surface area contributed by atoms with Gasteiger partial charge in [-0.05, 0) is 25.5 Å². The summed E-state index contributed by atoms with van der Waals surface area (Å²) in [5, 5.41) is 6.52. The van der Waals surface area contributed by atoms with Crippen LogP contribution in [0.25, 0.3) is 0 Å². The molecule has 1 atom stereocenters. The maximum atomic E-state index is 5.42. The number of hydrogen-bond donors (Lipinski definition) is 2. The number of anilines is 1. The van der Waals surface area contributed by atoms with Crippen LogP contribution in [0.4, 0.5) is 5.69 Å². The smallest absolute Gasteiger partial charge is 0.184 e. The zero-order valence-electron chi connectivity index (χ0n) is 8.63. The Morgan fingerprint density at radius 1 is 1.43 bits per heavy atom. The highest BCUT2D eigenvalue weighted by Crippen LogP contribution is 2.17. The molecule has 1 heterocycles. The maximum Gasteiger partial charge on any atom is 0.184 e. The fourth-order valence-electron chi connectivity index (χ4n) is 1.64. The zero-order valence-corrected chi connectivity index (χ0v) is 8.63. The standard InChI is InChI=1S/C11H16N2O/c1-8-3-4-10(9(2)7-8)13-11-12-5-6-14-11/h3-4,7,11-13H,5-6H2,1-2H3. The summed E-state index contributed by atoms with van der Waals surface area (Å²) in [6.07, 6.45) is -0.0311. The van der Waals surface area contributed by atoms with E-state index in [0.717, 1.165) is 18.8 Å². The summed E-state index contributed by atoms with van der Waals surface area (Å²) in [7, 11) is 0. The molecule has 14 heavy (non-hydrogen) atoms. The molecular formula is C11H16N2O. The van der Waals surface area contributed by atoms with Gasteiger partial charge in [0.05, 0.1) is 6.61 Å². The SMILES string of the molecule is Cc1ccc(NC2NCCO2)c(C)c1. The summed E-state index contributed by atoms with van der Waals surface area (Å²) in [4.78, 5) is 0. The molecule has 1 aliphatic rings. The van der Waals surface area contributed by atoms with E-state index in [1.165, 1.54) is 11.1 Å². The highest BCUT2D eigenvalue weighted by molar-refractivity contribution is 5.52. The fraction of sp³-hybridized carbons (Fsp3) is 0.455. The van der Waals surface area contributed by atoms with Gasteiger partial charge in [0.1, 0.15) is 0 Å². The summed E-state index contributed by atoms with van der Waals surface area (Å²) in [5.41, 5.74) is 3.67. The molecule has 3 heteroatoms. The number of aryl methyl sites for hydroxylation is 2. The third-order valence-electron chi connectivity index (χ3n) is 2.38. The van der Waals surface area contributed by atoms with E-state index in [9.17, 15) is 0 Å². The summed E-state index contributed by atoms with van der Waals surface area (Å²) < 4.78 is 5.42. The van der Waals surface area contributed by atoms with E-state index in [2.05, 4.69) is 42.7 Å². The van der Waals surface area contributed by atoms with Crippen LogP contribution in [0.2, 0.25) is 0 Å². The van der Waals surface area contributed by atoms with Gasteiger partial charge in [0.2, 0.25) is 0 Å². The van der Waals surface area contributed by atoms with Crippen molar-refractivity contribution in [1.29, 1.82) is 0 Å². The van der Waals surface area contributed by atoms with Gasteiger partial charge >= 0.3 is 0 Å². The van der Waals surface area contributed by atoms with Gasteiger partial charge in [0.15, 0.2) is 6.35 Å². The molecule has 1 saturated heterocycles. The third kappa shape index (κ3) is 2.05. The summed E-state index contributed by atoms with van der Waals surface area (Å²) >= 11 is 0. The van der Waals surface area contributed by atoms with Gasteiger partial charge in [0, 0.05) is 12.2 Å². The number of rotatable bonds is 2. The molecule has 0 aromatic heterocycles. The molecular weight excluding hydrogens is 176 g/mol. The normalized spacial score (nSPS) is 21.1. The number of ether oxygens (including phenoxy) is 1. The van der Waals surface area contributed by atoms with Crippen molar-refractivity contribution in [3.8, 4) is 0 Å². The molecule has 0 bridgehead atoms. The molecule has 1 aliphatic heterocycles. The largest absolute Gasteiger partial charge is 0.347 e. The summed E-state index contributed by atoms with van der Waals surface area (Å²) in [5.74, 6) is 0. The lowest BCUT2D eigenvalue weighted by Gasteiger charge is -2.15. The summed E-state index contributed by atoms with van der Waals surface area (Å²) in [6, 6.07) is 6.36. The van der Waals surface area contributed by atoms with Crippen molar-refractivity contribution < 1.29 is 4.74 Å². The molecule has 76 valence electrons. The van der Waals surface area contributed by atoms with Crippen molar-refractivity contribution in [1.82, 2.24) is 5.32 Å². The summed E-state index contributed by atoms with van der Waals surface area (Å²) in [6.45, 7) is 5.90. The van der Waals surface area contributed by atoms with Crippen LogP contribution in [0, 0.1) is 13.8 Å². The predicted molar refractivity (Wildman–Crippen MR) is 57.3 cm³/mol. The van der Waals surface area contributed by atoms with E-state index in [-0.39, 0.29) is 6.35 Å². The Bertz CT molecular complexity index is 319. The van der Waals surface area contributed by atoms with Crippen LogP contribution in [0.1, 0.15) is 11.1 Å². The molecule has 2 rings (SSSR count). The van der Waals surface area contributed by atoms with Gasteiger partial charge in [-0.3, -0.25) is 5.32 Å². The predicted octanol–water partition coefficient (Wildman–Crippen LogP) is 1.62. The van der Waals surface area contributed by atoms with Crippen molar-refractivity contribution in [3.05, 3.63) is 29.3 Å². The van der Waals surface area contributed by atoms with E-state index in [1.54, 1.807) is 0 Å². The molecule has 3 nitrogen and oxygen atoms in total. The first-order chi connectivity index (χ1) is 6.75. The van der Waals surface area contributed by atoms with Gasteiger partial charge in [-0.15, -0.1) is 0 Å². The molecule has 1 fully saturated rings. The van der Waals surface area contributed by atoms with Crippen molar-refractivity contribution >= 4 is 5.69 Å². The molecule has 0 spiro atoms. The average molecular weight is 192 g/mol. The highest BCUT2D eigenvalue weighted by atomic mass is 16.5. The number of hydrogen-bond acceptors (Lipinski definition) is 3. The minimum absolute atomic E-state index is 0.0311. The Hall–Kier alpha value is -1.06. The molecule has 1 aromatic carbocycles. The topological polar surface area (TPSA) is 33.3 Å². The third-order valence-corrected chi connectivity index (χ3v) is 2.38. The van der Waals surface area contributed by atoms with Gasteiger partial charge in [0.25, 0.3) is 0 Å². The van der Waals surface area contributed by atoms with Crippen molar-refractivity contribution in [3.63, 3.8) is 0 Å². The van der Waals surface area contributed by atoms with Gasteiger partial charge in [-0.2, -0.15) is 0 Å². The Kier molecular flexibility index (Phi) is 2.70. The molecule has 0 radical (unpaired) electrons. The van der Waals surface area contributed by atoms with Crippen LogP contribution in [-0.2, 0) is 4.74 Å². The van der Waals surface area contributed by atoms with Crippen molar-refractivity contribution in [2.75, 3.05) is 18.5 Å². The average Bonchev–Trinajstić information content (AvgIpc) is 2.62. The van der Waals surface area contributed by atoms with E-state index >= 15 is 0 Å². The van der Waals surface area contributed by atoms with E-state index in [1.807, 2.05) is 0 Å². The Morgan fingerprint density at radius 2 is 2.29 bits per heavy atom. The lowest BCUT2D eigenvalue weighted by Crippen LogP contribution is -2.31. The molecule has 0 saturated carbocycles. The van der Waals surface area contributed by atoms with Crippen molar-refractivity contribution in [2.45, 2.75) is 20.2 Å². The molecule has 1 unspecified atom stereocenters. The Morgan fingerprint density at radius 3 is 2.93 bits per heavy atom. The van der Waals surface area contributed by atoms with Crippen LogP contribution in [0.15, 0.2) is 18.2 Å². The maximum absolute atomic E-state index is 5.42. The molecule has 0 amide bonds. The van der Waals surface area contributed by atoms with E-state index in [0.29, 0.717) is 0 Å². The Labute approximate surface area is 84.5 Å². The zero-order chi connectivity index (χ0) is 9.97. The minimum atomic E-state index is -0.0311. The lowest BCUT2D eigenvalue weighted by atomic mass is 10.1. The minimum Gasteiger partial charge on any atom is -0.347 e. The van der Waals surface area contributed by atoms with Gasteiger partial charge < -0.3 is 10.1 Å². The number of benzene rings is 1. The second-order valence-electron chi connectivity index (χ2n) is 3.67. The fourth-order valence-corrected chi connectivity index (χ4v) is 1.64.